The SMILES string of the molecule is Nc1nc(N2CCN(S(=O)(=O)c3ccc(Cl)cc3)CC2)nc2ccccc12. The fourth-order valence-corrected chi connectivity index (χ4v) is 4.66. The van der Waals surface area contributed by atoms with Crippen molar-refractivity contribution in [2.24, 2.45) is 0 Å². The second-order valence-electron chi connectivity index (χ2n) is 6.27. The van der Waals surface area contributed by atoms with Crippen LogP contribution in [0.1, 0.15) is 0 Å². The van der Waals surface area contributed by atoms with Crippen molar-refractivity contribution in [1.29, 1.82) is 0 Å². The molecule has 3 aromatic rings. The fourth-order valence-electron chi connectivity index (χ4n) is 3.11. The first-order valence-corrected chi connectivity index (χ1v) is 10.3. The number of aromatic nitrogens is 2. The van der Waals surface area contributed by atoms with Crippen LogP contribution in [-0.2, 0) is 10.0 Å². The Bertz CT molecular complexity index is 1080. The molecule has 1 fully saturated rings. The number of sulfonamides is 1. The van der Waals surface area contributed by atoms with Crippen LogP contribution in [0.25, 0.3) is 10.9 Å². The maximum absolute atomic E-state index is 12.8. The summed E-state index contributed by atoms with van der Waals surface area (Å²) in [5.41, 5.74) is 6.83. The van der Waals surface area contributed by atoms with Gasteiger partial charge in [0.15, 0.2) is 0 Å². The number of hydrogen-bond donors (Lipinski definition) is 1. The van der Waals surface area contributed by atoms with E-state index in [1.807, 2.05) is 29.2 Å². The number of anilines is 2. The zero-order valence-corrected chi connectivity index (χ0v) is 16.0. The van der Waals surface area contributed by atoms with Crippen LogP contribution in [-0.4, -0.2) is 48.9 Å². The van der Waals surface area contributed by atoms with Gasteiger partial charge in [-0.25, -0.2) is 13.4 Å². The van der Waals surface area contributed by atoms with Crippen LogP contribution >= 0.6 is 11.6 Å². The second-order valence-corrected chi connectivity index (χ2v) is 8.65. The molecule has 1 aliphatic heterocycles. The number of fused-ring (bicyclic) bond motifs is 1. The van der Waals surface area contributed by atoms with E-state index in [2.05, 4.69) is 9.97 Å². The van der Waals surface area contributed by atoms with Gasteiger partial charge in [0.2, 0.25) is 16.0 Å². The summed E-state index contributed by atoms with van der Waals surface area (Å²) in [4.78, 5) is 11.2. The van der Waals surface area contributed by atoms with Crippen LogP contribution in [0.5, 0.6) is 0 Å². The average molecular weight is 404 g/mol. The van der Waals surface area contributed by atoms with E-state index in [1.54, 1.807) is 12.1 Å². The highest BCUT2D eigenvalue weighted by Gasteiger charge is 2.29. The van der Waals surface area contributed by atoms with Crippen molar-refractivity contribution in [2.45, 2.75) is 4.90 Å². The number of benzene rings is 2. The molecule has 4 rings (SSSR count). The van der Waals surface area contributed by atoms with Gasteiger partial charge in [0.05, 0.1) is 10.4 Å². The molecule has 2 aromatic carbocycles. The highest BCUT2D eigenvalue weighted by Crippen LogP contribution is 2.24. The summed E-state index contributed by atoms with van der Waals surface area (Å²) in [5, 5.41) is 1.31. The molecular formula is C18H18ClN5O2S. The van der Waals surface area contributed by atoms with E-state index in [4.69, 9.17) is 17.3 Å². The molecule has 0 unspecified atom stereocenters. The number of para-hydroxylation sites is 1. The van der Waals surface area contributed by atoms with Gasteiger partial charge < -0.3 is 10.6 Å². The molecule has 27 heavy (non-hydrogen) atoms. The van der Waals surface area contributed by atoms with Crippen LogP contribution < -0.4 is 10.6 Å². The molecule has 0 saturated carbocycles. The number of rotatable bonds is 3. The molecule has 0 spiro atoms. The number of nitrogens with two attached hydrogens (primary N) is 1. The van der Waals surface area contributed by atoms with Crippen LogP contribution in [0.3, 0.4) is 0 Å². The number of nitrogens with zero attached hydrogens (tertiary/aromatic N) is 4. The summed E-state index contributed by atoms with van der Waals surface area (Å²) in [7, 11) is -3.54. The summed E-state index contributed by atoms with van der Waals surface area (Å²) >= 11 is 5.85. The average Bonchev–Trinajstić information content (AvgIpc) is 2.68. The lowest BCUT2D eigenvalue weighted by molar-refractivity contribution is 0.383. The zero-order chi connectivity index (χ0) is 19.0. The third-order valence-corrected chi connectivity index (χ3v) is 6.76. The van der Waals surface area contributed by atoms with Gasteiger partial charge in [-0.2, -0.15) is 9.29 Å². The molecule has 0 radical (unpaired) electrons. The topological polar surface area (TPSA) is 92.4 Å². The van der Waals surface area contributed by atoms with Gasteiger partial charge in [0, 0.05) is 36.6 Å². The standard InChI is InChI=1S/C18H18ClN5O2S/c19-13-5-7-14(8-6-13)27(25,26)24-11-9-23(10-12-24)18-21-16-4-2-1-3-15(16)17(20)22-18/h1-8H,9-12H2,(H2,20,21,22). The smallest absolute Gasteiger partial charge is 0.243 e. The third-order valence-electron chi connectivity index (χ3n) is 4.59. The summed E-state index contributed by atoms with van der Waals surface area (Å²) in [6.45, 7) is 1.68. The Kier molecular flexibility index (Phi) is 4.63. The van der Waals surface area contributed by atoms with Crippen LogP contribution in [0, 0.1) is 0 Å². The minimum Gasteiger partial charge on any atom is -0.383 e. The van der Waals surface area contributed by atoms with Crippen molar-refractivity contribution >= 4 is 44.3 Å². The van der Waals surface area contributed by atoms with Gasteiger partial charge in [-0.15, -0.1) is 0 Å². The van der Waals surface area contributed by atoms with Crippen molar-refractivity contribution in [3.8, 4) is 0 Å². The molecule has 1 aliphatic rings. The Morgan fingerprint density at radius 1 is 0.926 bits per heavy atom. The van der Waals surface area contributed by atoms with Crippen molar-refractivity contribution in [1.82, 2.24) is 14.3 Å². The molecular weight excluding hydrogens is 386 g/mol. The molecule has 1 aromatic heterocycles. The Labute approximate surface area is 162 Å². The van der Waals surface area contributed by atoms with Gasteiger partial charge in [-0.1, -0.05) is 23.7 Å². The van der Waals surface area contributed by atoms with Gasteiger partial charge in [-0.05, 0) is 36.4 Å². The lowest BCUT2D eigenvalue weighted by Crippen LogP contribution is -2.49. The van der Waals surface area contributed by atoms with Crippen LogP contribution in [0.15, 0.2) is 53.4 Å². The number of halogens is 1. The first-order chi connectivity index (χ1) is 12.9. The van der Waals surface area contributed by atoms with E-state index in [9.17, 15) is 8.42 Å². The molecule has 0 atom stereocenters. The van der Waals surface area contributed by atoms with Crippen LogP contribution in [0.2, 0.25) is 5.02 Å². The van der Waals surface area contributed by atoms with Crippen molar-refractivity contribution in [3.05, 3.63) is 53.6 Å². The molecule has 9 heteroatoms. The van der Waals surface area contributed by atoms with Crippen LogP contribution in [0.4, 0.5) is 11.8 Å². The third kappa shape index (κ3) is 3.43. The Morgan fingerprint density at radius 2 is 1.59 bits per heavy atom. The Morgan fingerprint density at radius 3 is 2.30 bits per heavy atom. The minimum absolute atomic E-state index is 0.242. The van der Waals surface area contributed by atoms with Crippen molar-refractivity contribution < 1.29 is 8.42 Å². The first-order valence-electron chi connectivity index (χ1n) is 8.48. The summed E-state index contributed by atoms with van der Waals surface area (Å²) in [6, 6.07) is 13.8. The summed E-state index contributed by atoms with van der Waals surface area (Å²) in [5.74, 6) is 0.946. The monoisotopic (exact) mass is 403 g/mol. The summed E-state index contributed by atoms with van der Waals surface area (Å²) < 4.78 is 27.0. The maximum atomic E-state index is 12.8. The molecule has 7 nitrogen and oxygen atoms in total. The Balaban J connectivity index is 1.53. The van der Waals surface area contributed by atoms with Crippen molar-refractivity contribution in [3.63, 3.8) is 0 Å². The largest absolute Gasteiger partial charge is 0.383 e. The molecule has 1 saturated heterocycles. The molecule has 0 aliphatic carbocycles. The highest BCUT2D eigenvalue weighted by atomic mass is 35.5. The van der Waals surface area contributed by atoms with E-state index in [-0.39, 0.29) is 4.90 Å². The van der Waals surface area contributed by atoms with E-state index >= 15 is 0 Å². The predicted octanol–water partition coefficient (Wildman–Crippen LogP) is 2.38. The second kappa shape index (κ2) is 6.95. The normalized spacial score (nSPS) is 16.0. The Hall–Kier alpha value is -2.42. The van der Waals surface area contributed by atoms with E-state index < -0.39 is 10.0 Å². The molecule has 0 amide bonds. The molecule has 140 valence electrons. The van der Waals surface area contributed by atoms with Crippen molar-refractivity contribution in [2.75, 3.05) is 36.8 Å². The zero-order valence-electron chi connectivity index (χ0n) is 14.4. The summed E-state index contributed by atoms with van der Waals surface area (Å²) in [6.07, 6.45) is 0. The molecule has 0 bridgehead atoms. The number of hydrogen-bond acceptors (Lipinski definition) is 6. The van der Waals surface area contributed by atoms with Gasteiger partial charge in [0.25, 0.3) is 0 Å². The first kappa shape index (κ1) is 18.0. The molecule has 2 heterocycles. The van der Waals surface area contributed by atoms with Gasteiger partial charge in [-0.3, -0.25) is 0 Å². The van der Waals surface area contributed by atoms with E-state index in [0.29, 0.717) is 43.0 Å². The minimum atomic E-state index is -3.54. The van der Waals surface area contributed by atoms with Gasteiger partial charge >= 0.3 is 0 Å². The predicted molar refractivity (Wildman–Crippen MR) is 106 cm³/mol. The number of nitrogen functional groups attached to an aromatic ring is 1. The fraction of sp³-hybridized carbons (Fsp3) is 0.222. The highest BCUT2D eigenvalue weighted by molar-refractivity contribution is 7.89. The van der Waals surface area contributed by atoms with E-state index in [1.165, 1.54) is 16.4 Å². The lowest BCUT2D eigenvalue weighted by atomic mass is 10.2. The lowest BCUT2D eigenvalue weighted by Gasteiger charge is -2.34. The number of piperazine rings is 1. The van der Waals surface area contributed by atoms with Gasteiger partial charge in [0.1, 0.15) is 5.82 Å². The maximum Gasteiger partial charge on any atom is 0.243 e. The van der Waals surface area contributed by atoms with E-state index in [0.717, 1.165) is 10.9 Å². The quantitative estimate of drug-likeness (QED) is 0.721. The molecule has 2 N–H and O–H groups in total.